The van der Waals surface area contributed by atoms with Gasteiger partial charge in [-0.05, 0) is 38.1 Å². The van der Waals surface area contributed by atoms with Gasteiger partial charge in [0.1, 0.15) is 6.61 Å². The van der Waals surface area contributed by atoms with Crippen LogP contribution >= 0.6 is 0 Å². The summed E-state index contributed by atoms with van der Waals surface area (Å²) in [5.41, 5.74) is 0. The Hall–Kier alpha value is -0.220. The van der Waals surface area contributed by atoms with Crippen molar-refractivity contribution in [3.63, 3.8) is 0 Å². The summed E-state index contributed by atoms with van der Waals surface area (Å²) in [6.07, 6.45) is 3.49. The van der Waals surface area contributed by atoms with E-state index in [2.05, 4.69) is 12.2 Å². The molecule has 1 atom stereocenters. The van der Waals surface area contributed by atoms with Gasteiger partial charge in [0.05, 0.1) is 0 Å². The maximum absolute atomic E-state index is 11.9. The predicted octanol–water partition coefficient (Wildman–Crippen LogP) is 2.83. The first-order valence-corrected chi connectivity index (χ1v) is 6.33. The van der Waals surface area contributed by atoms with Crippen molar-refractivity contribution in [1.29, 1.82) is 0 Å². The highest BCUT2D eigenvalue weighted by Crippen LogP contribution is 2.30. The molecule has 1 saturated carbocycles. The molecule has 1 unspecified atom stereocenters. The summed E-state index contributed by atoms with van der Waals surface area (Å²) in [6.45, 7) is 3.17. The summed E-state index contributed by atoms with van der Waals surface area (Å²) < 4.78 is 28.6. The van der Waals surface area contributed by atoms with Crippen LogP contribution in [0, 0.1) is 5.92 Å². The van der Waals surface area contributed by atoms with E-state index in [1.807, 2.05) is 0 Å². The molecule has 0 heterocycles. The van der Waals surface area contributed by atoms with Crippen LogP contribution in [0.5, 0.6) is 0 Å². The standard InChI is InChI=1S/C12H23F2NO/c1-2-7-15-11(10-4-3-5-10)6-8-16-9-12(13)14/h10-12,15H,2-9H2,1H3. The van der Waals surface area contributed by atoms with Gasteiger partial charge >= 0.3 is 0 Å². The lowest BCUT2D eigenvalue weighted by Gasteiger charge is -2.34. The molecule has 1 aliphatic carbocycles. The second-order valence-electron chi connectivity index (χ2n) is 4.51. The summed E-state index contributed by atoms with van der Waals surface area (Å²) in [4.78, 5) is 0. The van der Waals surface area contributed by atoms with Crippen LogP contribution in [0.2, 0.25) is 0 Å². The fourth-order valence-electron chi connectivity index (χ4n) is 2.06. The summed E-state index contributed by atoms with van der Waals surface area (Å²) in [5, 5.41) is 3.49. The topological polar surface area (TPSA) is 21.3 Å². The molecule has 96 valence electrons. The molecule has 0 spiro atoms. The predicted molar refractivity (Wildman–Crippen MR) is 60.9 cm³/mol. The van der Waals surface area contributed by atoms with Crippen molar-refractivity contribution in [3.05, 3.63) is 0 Å². The zero-order chi connectivity index (χ0) is 11.8. The SMILES string of the molecule is CCCNC(CCOCC(F)F)C1CCC1. The van der Waals surface area contributed by atoms with Crippen molar-refractivity contribution in [2.24, 2.45) is 5.92 Å². The van der Waals surface area contributed by atoms with Gasteiger partial charge in [-0.25, -0.2) is 8.78 Å². The van der Waals surface area contributed by atoms with E-state index in [4.69, 9.17) is 4.74 Å². The van der Waals surface area contributed by atoms with E-state index >= 15 is 0 Å². The van der Waals surface area contributed by atoms with Crippen molar-refractivity contribution in [2.45, 2.75) is 51.5 Å². The largest absolute Gasteiger partial charge is 0.375 e. The number of hydrogen-bond acceptors (Lipinski definition) is 2. The number of hydrogen-bond donors (Lipinski definition) is 1. The van der Waals surface area contributed by atoms with Gasteiger partial charge in [0.15, 0.2) is 0 Å². The van der Waals surface area contributed by atoms with Gasteiger partial charge in [-0.15, -0.1) is 0 Å². The molecule has 1 fully saturated rings. The van der Waals surface area contributed by atoms with E-state index in [0.717, 1.165) is 25.3 Å². The van der Waals surface area contributed by atoms with Crippen molar-refractivity contribution >= 4 is 0 Å². The second kappa shape index (κ2) is 7.96. The third-order valence-corrected chi connectivity index (χ3v) is 3.19. The Bertz CT molecular complexity index is 174. The van der Waals surface area contributed by atoms with E-state index in [0.29, 0.717) is 12.6 Å². The van der Waals surface area contributed by atoms with E-state index < -0.39 is 13.0 Å². The molecule has 0 aromatic rings. The zero-order valence-electron chi connectivity index (χ0n) is 10.1. The molecule has 0 aliphatic heterocycles. The van der Waals surface area contributed by atoms with Gasteiger partial charge in [0, 0.05) is 12.6 Å². The highest BCUT2D eigenvalue weighted by atomic mass is 19.3. The molecule has 1 rings (SSSR count). The Morgan fingerprint density at radius 2 is 2.12 bits per heavy atom. The molecule has 2 nitrogen and oxygen atoms in total. The van der Waals surface area contributed by atoms with E-state index in [1.54, 1.807) is 0 Å². The molecule has 0 aromatic carbocycles. The quantitative estimate of drug-likeness (QED) is 0.620. The minimum Gasteiger partial charge on any atom is -0.375 e. The van der Waals surface area contributed by atoms with Crippen LogP contribution in [0.4, 0.5) is 8.78 Å². The van der Waals surface area contributed by atoms with Crippen LogP contribution in [-0.4, -0.2) is 32.2 Å². The first-order chi connectivity index (χ1) is 7.74. The molecule has 0 aromatic heterocycles. The molecule has 0 amide bonds. The summed E-state index contributed by atoms with van der Waals surface area (Å²) in [6, 6.07) is 0.464. The second-order valence-corrected chi connectivity index (χ2v) is 4.51. The molecule has 1 N–H and O–H groups in total. The number of alkyl halides is 2. The van der Waals surface area contributed by atoms with Gasteiger partial charge in [0.25, 0.3) is 6.43 Å². The van der Waals surface area contributed by atoms with Gasteiger partial charge < -0.3 is 10.1 Å². The maximum atomic E-state index is 11.9. The van der Waals surface area contributed by atoms with Gasteiger partial charge in [-0.2, -0.15) is 0 Å². The molecular weight excluding hydrogens is 212 g/mol. The number of ether oxygens (including phenoxy) is 1. The number of rotatable bonds is 9. The van der Waals surface area contributed by atoms with Crippen molar-refractivity contribution in [2.75, 3.05) is 19.8 Å². The number of nitrogens with one attached hydrogen (secondary N) is 1. The Morgan fingerprint density at radius 1 is 1.38 bits per heavy atom. The smallest absolute Gasteiger partial charge is 0.261 e. The molecule has 0 bridgehead atoms. The van der Waals surface area contributed by atoms with E-state index in [9.17, 15) is 8.78 Å². The van der Waals surface area contributed by atoms with Gasteiger partial charge in [-0.3, -0.25) is 0 Å². The average Bonchev–Trinajstić information content (AvgIpc) is 2.17. The highest BCUT2D eigenvalue weighted by Gasteiger charge is 2.26. The Kier molecular flexibility index (Phi) is 6.88. The lowest BCUT2D eigenvalue weighted by atomic mass is 9.78. The summed E-state index contributed by atoms with van der Waals surface area (Å²) in [7, 11) is 0. The Labute approximate surface area is 96.7 Å². The lowest BCUT2D eigenvalue weighted by molar-refractivity contribution is 0.0112. The van der Waals surface area contributed by atoms with E-state index in [-0.39, 0.29) is 0 Å². The first-order valence-electron chi connectivity index (χ1n) is 6.33. The lowest BCUT2D eigenvalue weighted by Crippen LogP contribution is -2.40. The normalized spacial score (nSPS) is 18.8. The Balaban J connectivity index is 2.11. The molecule has 1 aliphatic rings. The average molecular weight is 235 g/mol. The van der Waals surface area contributed by atoms with Crippen LogP contribution in [0.3, 0.4) is 0 Å². The van der Waals surface area contributed by atoms with Crippen molar-refractivity contribution < 1.29 is 13.5 Å². The highest BCUT2D eigenvalue weighted by molar-refractivity contribution is 4.82. The Morgan fingerprint density at radius 3 is 2.62 bits per heavy atom. The number of halogens is 2. The van der Waals surface area contributed by atoms with Crippen molar-refractivity contribution in [1.82, 2.24) is 5.32 Å². The summed E-state index contributed by atoms with van der Waals surface area (Å²) in [5.74, 6) is 0.738. The monoisotopic (exact) mass is 235 g/mol. The fraction of sp³-hybridized carbons (Fsp3) is 1.00. The van der Waals surface area contributed by atoms with Crippen LogP contribution in [0.1, 0.15) is 39.0 Å². The van der Waals surface area contributed by atoms with Crippen LogP contribution in [0.15, 0.2) is 0 Å². The fourth-order valence-corrected chi connectivity index (χ4v) is 2.06. The van der Waals surface area contributed by atoms with Crippen LogP contribution < -0.4 is 5.32 Å². The zero-order valence-corrected chi connectivity index (χ0v) is 10.1. The summed E-state index contributed by atoms with van der Waals surface area (Å²) >= 11 is 0. The maximum Gasteiger partial charge on any atom is 0.261 e. The molecule has 0 radical (unpaired) electrons. The van der Waals surface area contributed by atoms with Gasteiger partial charge in [-0.1, -0.05) is 13.3 Å². The molecule has 16 heavy (non-hydrogen) atoms. The molecular formula is C12H23F2NO. The minimum atomic E-state index is -2.34. The van der Waals surface area contributed by atoms with Crippen LogP contribution in [0.25, 0.3) is 0 Å². The third-order valence-electron chi connectivity index (χ3n) is 3.19. The molecule has 4 heteroatoms. The van der Waals surface area contributed by atoms with Gasteiger partial charge in [0.2, 0.25) is 0 Å². The van der Waals surface area contributed by atoms with Crippen molar-refractivity contribution in [3.8, 4) is 0 Å². The minimum absolute atomic E-state index is 0.425. The van der Waals surface area contributed by atoms with Crippen LogP contribution in [-0.2, 0) is 4.74 Å². The molecule has 0 saturated heterocycles. The first kappa shape index (κ1) is 13.8. The van der Waals surface area contributed by atoms with E-state index in [1.165, 1.54) is 19.3 Å². The third kappa shape index (κ3) is 5.21.